The summed E-state index contributed by atoms with van der Waals surface area (Å²) in [5.74, 6) is -0.0819. The van der Waals surface area contributed by atoms with Crippen LogP contribution < -0.4 is 0 Å². The molecule has 0 amide bonds. The van der Waals surface area contributed by atoms with Crippen molar-refractivity contribution in [1.82, 2.24) is 0 Å². The van der Waals surface area contributed by atoms with Gasteiger partial charge < -0.3 is 57.2 Å². The molecule has 0 aliphatic carbocycles. The largest absolute Gasteiger partial charge is 0.459 e. The minimum atomic E-state index is -0.745. The number of rotatable bonds is 5. The van der Waals surface area contributed by atoms with Crippen molar-refractivity contribution in [1.29, 1.82) is 0 Å². The van der Waals surface area contributed by atoms with E-state index in [0.717, 1.165) is 78.5 Å². The summed E-state index contributed by atoms with van der Waals surface area (Å²) in [7, 11) is 0. The number of benzene rings is 3. The Kier molecular flexibility index (Phi) is 14.8. The maximum atomic E-state index is 13.7. The van der Waals surface area contributed by atoms with E-state index in [1.54, 1.807) is 0 Å². The average Bonchev–Trinajstić information content (AvgIpc) is 3.89. The molecule has 0 spiro atoms. The minimum Gasteiger partial charge on any atom is -0.459 e. The van der Waals surface area contributed by atoms with Gasteiger partial charge in [-0.1, -0.05) is 93.3 Å². The van der Waals surface area contributed by atoms with E-state index in [1.165, 1.54) is 0 Å². The molecular formula is C64H80O14. The summed E-state index contributed by atoms with van der Waals surface area (Å²) in [6.45, 7) is 13.2. The van der Waals surface area contributed by atoms with E-state index >= 15 is 0 Å². The van der Waals surface area contributed by atoms with Crippen LogP contribution in [0.15, 0.2) is 91.1 Å². The summed E-state index contributed by atoms with van der Waals surface area (Å²) in [6, 6.07) is 17.9. The van der Waals surface area contributed by atoms with Crippen LogP contribution in [0, 0.1) is 11.8 Å². The van der Waals surface area contributed by atoms with Crippen LogP contribution in [0.25, 0.3) is 21.5 Å². The SMILES string of the molecule is C=C(COC(=O)c1c2ccccc2cc2ccccc12)C[C@@H]1C[C@H](O)C2OC3C[C@]4(C)OC5/C=C\CC6OC7C(C/C=C\CC6OC5CCCC4OC3CC2O1)OC1CC2OC3CC(=O)OC3C[C@@H](C)C[C@@]2(C)OC1C[C@@H]7C. The lowest BCUT2D eigenvalue weighted by atomic mass is 9.78. The normalized spacial score (nSPS) is 45.2. The van der Waals surface area contributed by atoms with Gasteiger partial charge in [0.2, 0.25) is 0 Å². The smallest absolute Gasteiger partial charge is 0.339 e. The Morgan fingerprint density at radius 3 is 2.15 bits per heavy atom. The van der Waals surface area contributed by atoms with Crippen molar-refractivity contribution in [3.63, 3.8) is 0 Å². The van der Waals surface area contributed by atoms with Crippen LogP contribution in [0.3, 0.4) is 0 Å². The van der Waals surface area contributed by atoms with Gasteiger partial charge >= 0.3 is 11.9 Å². The van der Waals surface area contributed by atoms with Gasteiger partial charge in [-0.25, -0.2) is 4.79 Å². The van der Waals surface area contributed by atoms with E-state index in [1.807, 2.05) is 48.5 Å². The molecule has 0 bridgehead atoms. The van der Waals surface area contributed by atoms with Crippen LogP contribution in [0.5, 0.6) is 0 Å². The van der Waals surface area contributed by atoms with E-state index in [9.17, 15) is 14.7 Å². The quantitative estimate of drug-likeness (QED) is 0.146. The molecule has 10 aliphatic heterocycles. The molecule has 1 N–H and O–H groups in total. The highest BCUT2D eigenvalue weighted by molar-refractivity contribution is 6.16. The van der Waals surface area contributed by atoms with Crippen molar-refractivity contribution in [3.05, 3.63) is 96.6 Å². The summed E-state index contributed by atoms with van der Waals surface area (Å²) in [5.41, 5.74) is 0.117. The van der Waals surface area contributed by atoms with E-state index in [0.29, 0.717) is 50.0 Å². The van der Waals surface area contributed by atoms with Crippen molar-refractivity contribution >= 4 is 33.5 Å². The molecule has 10 heterocycles. The highest BCUT2D eigenvalue weighted by Gasteiger charge is 2.57. The molecule has 0 saturated carbocycles. The van der Waals surface area contributed by atoms with E-state index in [4.69, 9.17) is 52.1 Å². The first-order valence-electron chi connectivity index (χ1n) is 29.6. The third kappa shape index (κ3) is 10.5. The molecule has 3 aromatic rings. The second-order valence-electron chi connectivity index (χ2n) is 25.4. The summed E-state index contributed by atoms with van der Waals surface area (Å²) in [4.78, 5) is 26.2. The average molecular weight is 1070 g/mol. The lowest BCUT2D eigenvalue weighted by molar-refractivity contribution is -0.316. The summed E-state index contributed by atoms with van der Waals surface area (Å²) in [6.07, 6.45) is 14.4. The predicted octanol–water partition coefficient (Wildman–Crippen LogP) is 9.92. The second-order valence-corrected chi connectivity index (χ2v) is 25.4. The molecule has 78 heavy (non-hydrogen) atoms. The molecule has 420 valence electrons. The van der Waals surface area contributed by atoms with Crippen LogP contribution in [0.4, 0.5) is 0 Å². The molecule has 3 aromatic carbocycles. The molecule has 16 unspecified atom stereocenters. The fraction of sp³-hybridized carbons (Fsp3) is 0.656. The Balaban J connectivity index is 0.635. The first kappa shape index (κ1) is 53.3. The Bertz CT molecular complexity index is 2720. The predicted molar refractivity (Wildman–Crippen MR) is 290 cm³/mol. The van der Waals surface area contributed by atoms with Crippen molar-refractivity contribution in [2.75, 3.05) is 6.61 Å². The molecule has 0 aromatic heterocycles. The van der Waals surface area contributed by atoms with Crippen LogP contribution >= 0.6 is 0 Å². The lowest BCUT2D eigenvalue weighted by Gasteiger charge is -2.55. The van der Waals surface area contributed by atoms with Crippen LogP contribution in [-0.4, -0.2) is 145 Å². The number of carbonyl (C=O) groups excluding carboxylic acids is 2. The number of carbonyl (C=O) groups is 2. The number of esters is 2. The molecule has 14 heteroatoms. The van der Waals surface area contributed by atoms with Crippen LogP contribution in [0.2, 0.25) is 0 Å². The molecule has 10 aliphatic rings. The summed E-state index contributed by atoms with van der Waals surface area (Å²) in [5, 5.41) is 15.3. The number of fused-ring (bicyclic) bond motifs is 11. The van der Waals surface area contributed by atoms with E-state index in [2.05, 4.69) is 64.6 Å². The van der Waals surface area contributed by atoms with Gasteiger partial charge in [0.05, 0.1) is 109 Å². The molecule has 8 saturated heterocycles. The summed E-state index contributed by atoms with van der Waals surface area (Å²) < 4.78 is 75.0. The van der Waals surface area contributed by atoms with Crippen molar-refractivity contribution in [2.45, 2.75) is 245 Å². The number of aliphatic hydroxyl groups excluding tert-OH is 1. The standard InChI is InChI=1S/C64H80O14/c1-35-25-49-52(31-58(66)74-49)73-57-30-51-53(78-63(57,4)32-35)26-37(3)60-48(71-51)19-11-10-18-44-45(75-60)20-12-22-47-46(70-44)21-13-23-56-64(5,77-47)33-55-50(72-56)29-54-61(76-55)43(65)28-40(69-54)24-36(2)34-68-62(67)59-41-16-8-6-14-38(41)27-39-15-7-9-17-42(39)59/h6-12,14-17,22,27,35,37,40,43-57,60-61,65H,2,13,18-21,23-26,28-34H2,1,3-5H3/b11-10-,22-12-/t35-,37+,40-,43+,44?,45?,46?,47?,48?,49?,50?,51?,52?,53?,54?,55?,56?,57?,60?,61?,63-,64+/m1/s1. The van der Waals surface area contributed by atoms with Crippen molar-refractivity contribution in [3.8, 4) is 0 Å². The number of hydrogen-bond acceptors (Lipinski definition) is 14. The zero-order chi connectivity index (χ0) is 53.5. The third-order valence-corrected chi connectivity index (χ3v) is 19.4. The zero-order valence-electron chi connectivity index (χ0n) is 45.8. The van der Waals surface area contributed by atoms with Gasteiger partial charge in [-0.15, -0.1) is 0 Å². The lowest BCUT2D eigenvalue weighted by Crippen LogP contribution is -2.65. The van der Waals surface area contributed by atoms with Crippen molar-refractivity contribution in [2.24, 2.45) is 11.8 Å². The highest BCUT2D eigenvalue weighted by atomic mass is 16.6. The molecule has 14 nitrogen and oxygen atoms in total. The van der Waals surface area contributed by atoms with Gasteiger partial charge in [0, 0.05) is 25.7 Å². The van der Waals surface area contributed by atoms with Gasteiger partial charge in [-0.2, -0.15) is 0 Å². The topological polar surface area (TPSA) is 156 Å². The molecule has 0 radical (unpaired) electrons. The van der Waals surface area contributed by atoms with Gasteiger partial charge in [0.15, 0.2) is 0 Å². The fourth-order valence-electron chi connectivity index (χ4n) is 15.7. The van der Waals surface area contributed by atoms with Crippen LogP contribution in [0.1, 0.15) is 134 Å². The van der Waals surface area contributed by atoms with E-state index < -0.39 is 29.4 Å². The number of ether oxygens (including phenoxy) is 11. The van der Waals surface area contributed by atoms with Crippen molar-refractivity contribution < 1.29 is 66.8 Å². The zero-order valence-corrected chi connectivity index (χ0v) is 45.8. The maximum absolute atomic E-state index is 13.7. The van der Waals surface area contributed by atoms with Gasteiger partial charge in [-0.3, -0.25) is 4.79 Å². The van der Waals surface area contributed by atoms with Crippen LogP contribution in [-0.2, 0) is 56.9 Å². The first-order valence-corrected chi connectivity index (χ1v) is 29.6. The Morgan fingerprint density at radius 1 is 0.654 bits per heavy atom. The second kappa shape index (κ2) is 21.7. The van der Waals surface area contributed by atoms with Gasteiger partial charge in [0.25, 0.3) is 0 Å². The number of aliphatic hydroxyl groups is 1. The Labute approximate surface area is 458 Å². The molecule has 13 rings (SSSR count). The number of hydrogen-bond donors (Lipinski definition) is 1. The Hall–Kier alpha value is -4.06. The van der Waals surface area contributed by atoms with Gasteiger partial charge in [0.1, 0.15) is 31.0 Å². The third-order valence-electron chi connectivity index (χ3n) is 19.4. The maximum Gasteiger partial charge on any atom is 0.339 e. The molecular weight excluding hydrogens is 993 g/mol. The monoisotopic (exact) mass is 1070 g/mol. The molecule has 8 fully saturated rings. The molecule has 22 atom stereocenters. The Morgan fingerprint density at radius 2 is 1.35 bits per heavy atom. The highest BCUT2D eigenvalue weighted by Crippen LogP contribution is 2.49. The fourth-order valence-corrected chi connectivity index (χ4v) is 15.7. The minimum absolute atomic E-state index is 0.0486. The van der Waals surface area contributed by atoms with Gasteiger partial charge in [-0.05, 0) is 123 Å². The first-order chi connectivity index (χ1) is 37.7. The summed E-state index contributed by atoms with van der Waals surface area (Å²) >= 11 is 0. The van der Waals surface area contributed by atoms with E-state index in [-0.39, 0.29) is 123 Å².